The van der Waals surface area contributed by atoms with Crippen molar-refractivity contribution < 1.29 is 14.0 Å². The second-order valence-corrected chi connectivity index (χ2v) is 8.91. The Labute approximate surface area is 191 Å². The molecule has 166 valence electrons. The van der Waals surface area contributed by atoms with Crippen molar-refractivity contribution in [2.45, 2.75) is 37.8 Å². The predicted molar refractivity (Wildman–Crippen MR) is 125 cm³/mol. The summed E-state index contributed by atoms with van der Waals surface area (Å²) in [5, 5.41) is 11.2. The van der Waals surface area contributed by atoms with Crippen molar-refractivity contribution in [2.75, 3.05) is 11.9 Å². The highest BCUT2D eigenvalue weighted by Gasteiger charge is 2.21. The number of nitrogens with one attached hydrogen (secondary N) is 3. The van der Waals surface area contributed by atoms with Gasteiger partial charge in [-0.05, 0) is 54.1 Å². The number of carbonyl (C=O) groups excluding carboxylic acids is 2. The molecule has 3 N–H and O–H groups in total. The second kappa shape index (κ2) is 10.5. The smallest absolute Gasteiger partial charge is 0.253 e. The van der Waals surface area contributed by atoms with E-state index in [-0.39, 0.29) is 36.3 Å². The first-order chi connectivity index (χ1) is 15.6. The van der Waals surface area contributed by atoms with Crippen LogP contribution in [0, 0.1) is 5.82 Å². The minimum absolute atomic E-state index is 0.0402. The van der Waals surface area contributed by atoms with E-state index in [9.17, 15) is 14.0 Å². The fourth-order valence-corrected chi connectivity index (χ4v) is 4.83. The van der Waals surface area contributed by atoms with E-state index >= 15 is 0 Å². The number of thiophene rings is 1. The summed E-state index contributed by atoms with van der Waals surface area (Å²) in [5.74, 6) is -0.720. The Morgan fingerprint density at radius 2 is 1.75 bits per heavy atom. The van der Waals surface area contributed by atoms with Crippen LogP contribution in [0.1, 0.15) is 52.5 Å². The molecule has 2 amide bonds. The van der Waals surface area contributed by atoms with Crippen LogP contribution < -0.4 is 16.0 Å². The molecule has 0 aliphatic heterocycles. The first-order valence-corrected chi connectivity index (χ1v) is 11.7. The number of carbonyl (C=O) groups is 2. The number of halogens is 1. The molecule has 1 aliphatic carbocycles. The van der Waals surface area contributed by atoms with Crippen molar-refractivity contribution >= 4 is 28.8 Å². The summed E-state index contributed by atoms with van der Waals surface area (Å²) < 4.78 is 13.4. The van der Waals surface area contributed by atoms with Crippen LogP contribution >= 0.6 is 11.3 Å². The van der Waals surface area contributed by atoms with Gasteiger partial charge in [0.15, 0.2) is 0 Å². The van der Waals surface area contributed by atoms with Crippen molar-refractivity contribution in [1.29, 1.82) is 0 Å². The van der Waals surface area contributed by atoms with Gasteiger partial charge in [0, 0.05) is 10.9 Å². The van der Waals surface area contributed by atoms with Gasteiger partial charge < -0.3 is 10.6 Å². The van der Waals surface area contributed by atoms with E-state index in [0.29, 0.717) is 11.3 Å². The molecule has 32 heavy (non-hydrogen) atoms. The maximum Gasteiger partial charge on any atom is 0.253 e. The summed E-state index contributed by atoms with van der Waals surface area (Å²) in [6.45, 7) is 0.0402. The molecule has 0 saturated heterocycles. The molecule has 1 heterocycles. The lowest BCUT2D eigenvalue weighted by atomic mass is 10.1. The Hall–Kier alpha value is -3.03. The normalized spacial score (nSPS) is 14.8. The van der Waals surface area contributed by atoms with Gasteiger partial charge >= 0.3 is 0 Å². The third-order valence-electron chi connectivity index (χ3n) is 5.63. The zero-order chi connectivity index (χ0) is 22.3. The van der Waals surface area contributed by atoms with E-state index in [2.05, 4.69) is 16.0 Å². The molecule has 0 unspecified atom stereocenters. The number of rotatable bonds is 8. The van der Waals surface area contributed by atoms with Crippen LogP contribution in [0.4, 0.5) is 10.1 Å². The van der Waals surface area contributed by atoms with E-state index in [1.54, 1.807) is 47.7 Å². The molecule has 0 spiro atoms. The number of hydrogen-bond donors (Lipinski definition) is 3. The Kier molecular flexibility index (Phi) is 7.29. The third kappa shape index (κ3) is 5.60. The van der Waals surface area contributed by atoms with Crippen molar-refractivity contribution in [3.05, 3.63) is 87.9 Å². The minimum Gasteiger partial charge on any atom is -0.349 e. The number of hydrogen-bond acceptors (Lipinski definition) is 4. The van der Waals surface area contributed by atoms with Gasteiger partial charge in [-0.25, -0.2) is 4.39 Å². The Balaban J connectivity index is 1.42. The van der Waals surface area contributed by atoms with Crippen molar-refractivity contribution in [2.24, 2.45) is 0 Å². The first-order valence-electron chi connectivity index (χ1n) is 10.8. The van der Waals surface area contributed by atoms with E-state index < -0.39 is 0 Å². The molecular weight excluding hydrogens is 425 g/mol. The second-order valence-electron chi connectivity index (χ2n) is 7.93. The van der Waals surface area contributed by atoms with Crippen molar-refractivity contribution in [3.63, 3.8) is 0 Å². The zero-order valence-corrected chi connectivity index (χ0v) is 18.5. The van der Waals surface area contributed by atoms with E-state index in [0.717, 1.165) is 36.1 Å². The summed E-state index contributed by atoms with van der Waals surface area (Å²) in [4.78, 5) is 26.5. The number of amides is 2. The standard InChI is InChI=1S/C25H26FN3O2S/c26-18-13-11-17(12-14-18)24(22-10-5-15-32-22)27-16-23(30)29-21-9-4-3-8-20(21)25(31)28-19-6-1-2-7-19/h3-5,8-15,19,24,27H,1-2,6-7,16H2,(H,28,31)(H,29,30)/t24-/m0/s1. The highest BCUT2D eigenvalue weighted by molar-refractivity contribution is 7.10. The van der Waals surface area contributed by atoms with Crippen LogP contribution in [0.5, 0.6) is 0 Å². The number of benzene rings is 2. The molecular formula is C25H26FN3O2S. The Bertz CT molecular complexity index is 1050. The van der Waals surface area contributed by atoms with Crippen LogP contribution in [0.2, 0.25) is 0 Å². The third-order valence-corrected chi connectivity index (χ3v) is 6.57. The van der Waals surface area contributed by atoms with Gasteiger partial charge in [0.1, 0.15) is 5.82 Å². The summed E-state index contributed by atoms with van der Waals surface area (Å²) in [5.41, 5.74) is 1.82. The fraction of sp³-hybridized carbons (Fsp3) is 0.280. The molecule has 0 radical (unpaired) electrons. The van der Waals surface area contributed by atoms with E-state index in [1.165, 1.54) is 12.1 Å². The lowest BCUT2D eigenvalue weighted by Gasteiger charge is -2.19. The van der Waals surface area contributed by atoms with Crippen LogP contribution in [-0.2, 0) is 4.79 Å². The van der Waals surface area contributed by atoms with Crippen molar-refractivity contribution in [3.8, 4) is 0 Å². The molecule has 5 nitrogen and oxygen atoms in total. The fourth-order valence-electron chi connectivity index (χ4n) is 4.01. The average Bonchev–Trinajstić information content (AvgIpc) is 3.50. The van der Waals surface area contributed by atoms with Crippen LogP contribution in [0.25, 0.3) is 0 Å². The summed E-state index contributed by atoms with van der Waals surface area (Å²) in [6.07, 6.45) is 4.26. The molecule has 1 aromatic heterocycles. The zero-order valence-electron chi connectivity index (χ0n) is 17.6. The predicted octanol–water partition coefficient (Wildman–Crippen LogP) is 4.88. The maximum atomic E-state index is 13.4. The molecule has 3 aromatic rings. The van der Waals surface area contributed by atoms with Crippen LogP contribution in [0.3, 0.4) is 0 Å². The van der Waals surface area contributed by atoms with Gasteiger partial charge in [0.25, 0.3) is 5.91 Å². The van der Waals surface area contributed by atoms with Gasteiger partial charge in [-0.3, -0.25) is 14.9 Å². The molecule has 1 aliphatic rings. The highest BCUT2D eigenvalue weighted by Crippen LogP contribution is 2.26. The lowest BCUT2D eigenvalue weighted by molar-refractivity contribution is -0.115. The molecule has 2 aromatic carbocycles. The first kappa shape index (κ1) is 22.2. The van der Waals surface area contributed by atoms with Gasteiger partial charge in [0.2, 0.25) is 5.91 Å². The average molecular weight is 452 g/mol. The molecule has 4 rings (SSSR count). The maximum absolute atomic E-state index is 13.4. The van der Waals surface area contributed by atoms with Gasteiger partial charge in [-0.15, -0.1) is 11.3 Å². The van der Waals surface area contributed by atoms with Crippen LogP contribution in [0.15, 0.2) is 66.0 Å². The number of anilines is 1. The van der Waals surface area contributed by atoms with E-state index in [1.807, 2.05) is 17.5 Å². The lowest BCUT2D eigenvalue weighted by Crippen LogP contribution is -2.34. The molecule has 7 heteroatoms. The highest BCUT2D eigenvalue weighted by atomic mass is 32.1. The summed E-state index contributed by atoms with van der Waals surface area (Å²) in [7, 11) is 0. The monoisotopic (exact) mass is 451 g/mol. The van der Waals surface area contributed by atoms with Crippen LogP contribution in [-0.4, -0.2) is 24.4 Å². The Morgan fingerprint density at radius 3 is 2.47 bits per heavy atom. The van der Waals surface area contributed by atoms with E-state index in [4.69, 9.17) is 0 Å². The topological polar surface area (TPSA) is 70.2 Å². The SMILES string of the molecule is O=C(CN[C@@H](c1ccc(F)cc1)c1cccs1)Nc1ccccc1C(=O)NC1CCCC1. The summed E-state index contributed by atoms with van der Waals surface area (Å²) in [6, 6.07) is 17.2. The number of para-hydroxylation sites is 1. The molecule has 0 bridgehead atoms. The minimum atomic E-state index is -0.302. The summed E-state index contributed by atoms with van der Waals surface area (Å²) >= 11 is 1.57. The quantitative estimate of drug-likeness (QED) is 0.457. The largest absolute Gasteiger partial charge is 0.349 e. The Morgan fingerprint density at radius 1 is 1.00 bits per heavy atom. The molecule has 1 atom stereocenters. The van der Waals surface area contributed by atoms with Crippen molar-refractivity contribution in [1.82, 2.24) is 10.6 Å². The van der Waals surface area contributed by atoms with Gasteiger partial charge in [0.05, 0.1) is 23.8 Å². The molecule has 1 fully saturated rings. The van der Waals surface area contributed by atoms with Gasteiger partial charge in [-0.1, -0.05) is 43.2 Å². The van der Waals surface area contributed by atoms with Gasteiger partial charge in [-0.2, -0.15) is 0 Å². The molecule has 1 saturated carbocycles.